The molecule has 0 aromatic heterocycles. The summed E-state index contributed by atoms with van der Waals surface area (Å²) in [4.78, 5) is 12.2. The van der Waals surface area contributed by atoms with Crippen molar-refractivity contribution in [2.75, 3.05) is 13.7 Å². The number of carbonyl (C=O) groups is 1. The van der Waals surface area contributed by atoms with Crippen LogP contribution in [0.15, 0.2) is 30.3 Å². The van der Waals surface area contributed by atoms with Gasteiger partial charge in [-0.3, -0.25) is 4.79 Å². The number of methoxy groups -OCH3 is 1. The number of rotatable bonds is 5. The Labute approximate surface area is 114 Å². The number of hydrogen-bond donors (Lipinski definition) is 2. The van der Waals surface area contributed by atoms with Gasteiger partial charge in [0.1, 0.15) is 0 Å². The van der Waals surface area contributed by atoms with E-state index in [9.17, 15) is 4.79 Å². The van der Waals surface area contributed by atoms with Crippen LogP contribution in [0.5, 0.6) is 0 Å². The van der Waals surface area contributed by atoms with E-state index >= 15 is 0 Å². The molecular weight excluding hydrogens is 240 g/mol. The Morgan fingerprint density at radius 2 is 2.16 bits per heavy atom. The Morgan fingerprint density at radius 1 is 1.42 bits per heavy atom. The third-order valence-corrected chi connectivity index (χ3v) is 3.83. The Morgan fingerprint density at radius 3 is 2.74 bits per heavy atom. The predicted octanol–water partition coefficient (Wildman–Crippen LogP) is 1.62. The molecule has 0 spiro atoms. The third-order valence-electron chi connectivity index (χ3n) is 3.83. The highest BCUT2D eigenvalue weighted by molar-refractivity contribution is 5.82. The second kappa shape index (κ2) is 6.68. The Bertz CT molecular complexity index is 408. The zero-order chi connectivity index (χ0) is 13.7. The Kier molecular flexibility index (Phi) is 4.93. The van der Waals surface area contributed by atoms with Crippen LogP contribution in [0.2, 0.25) is 0 Å². The lowest BCUT2D eigenvalue weighted by Crippen LogP contribution is -2.38. The molecule has 0 radical (unpaired) electrons. The number of hydrogen-bond acceptors (Lipinski definition) is 3. The van der Waals surface area contributed by atoms with Crippen molar-refractivity contribution in [1.29, 1.82) is 0 Å². The molecule has 19 heavy (non-hydrogen) atoms. The van der Waals surface area contributed by atoms with Crippen LogP contribution in [-0.4, -0.2) is 25.6 Å². The van der Waals surface area contributed by atoms with Crippen molar-refractivity contribution in [1.82, 2.24) is 5.32 Å². The van der Waals surface area contributed by atoms with E-state index in [0.29, 0.717) is 12.5 Å². The smallest absolute Gasteiger partial charge is 0.253 e. The maximum atomic E-state index is 12.2. The van der Waals surface area contributed by atoms with Crippen molar-refractivity contribution in [3.63, 3.8) is 0 Å². The van der Waals surface area contributed by atoms with E-state index in [-0.39, 0.29) is 11.9 Å². The lowest BCUT2D eigenvalue weighted by atomic mass is 10.0. The first kappa shape index (κ1) is 14.0. The first-order valence-electron chi connectivity index (χ1n) is 6.83. The average molecular weight is 262 g/mol. The summed E-state index contributed by atoms with van der Waals surface area (Å²) in [6, 6.07) is 9.75. The maximum Gasteiger partial charge on any atom is 0.253 e. The molecule has 3 atom stereocenters. The van der Waals surface area contributed by atoms with E-state index in [2.05, 4.69) is 5.32 Å². The fourth-order valence-electron chi connectivity index (χ4n) is 2.67. The molecule has 0 heterocycles. The van der Waals surface area contributed by atoms with Crippen molar-refractivity contribution in [3.8, 4) is 0 Å². The molecule has 1 aliphatic rings. The molecule has 1 aromatic rings. The van der Waals surface area contributed by atoms with Gasteiger partial charge in [-0.1, -0.05) is 36.8 Å². The molecule has 0 saturated heterocycles. The van der Waals surface area contributed by atoms with Crippen LogP contribution in [0.1, 0.15) is 30.9 Å². The van der Waals surface area contributed by atoms with E-state index in [4.69, 9.17) is 10.5 Å². The second-order valence-corrected chi connectivity index (χ2v) is 5.13. The third kappa shape index (κ3) is 3.55. The number of amides is 1. The van der Waals surface area contributed by atoms with E-state index in [0.717, 1.165) is 24.8 Å². The molecule has 1 saturated carbocycles. The first-order chi connectivity index (χ1) is 9.22. The van der Waals surface area contributed by atoms with E-state index in [1.165, 1.54) is 0 Å². The summed E-state index contributed by atoms with van der Waals surface area (Å²) in [6.45, 7) is 0.646. The van der Waals surface area contributed by atoms with E-state index in [1.807, 2.05) is 30.3 Å². The lowest BCUT2D eigenvalue weighted by Gasteiger charge is -2.19. The van der Waals surface area contributed by atoms with Gasteiger partial charge < -0.3 is 15.8 Å². The fraction of sp³-hybridized carbons (Fsp3) is 0.533. The summed E-state index contributed by atoms with van der Waals surface area (Å²) in [5.74, 6) is 0.310. The minimum atomic E-state index is -0.543. The van der Waals surface area contributed by atoms with Gasteiger partial charge in [0.2, 0.25) is 0 Å². The Balaban J connectivity index is 1.90. The van der Waals surface area contributed by atoms with Crippen molar-refractivity contribution >= 4 is 5.91 Å². The van der Waals surface area contributed by atoms with Crippen molar-refractivity contribution < 1.29 is 9.53 Å². The van der Waals surface area contributed by atoms with Gasteiger partial charge in [-0.05, 0) is 24.3 Å². The summed E-state index contributed by atoms with van der Waals surface area (Å²) in [5, 5.41) is 2.96. The molecule has 3 N–H and O–H groups in total. The van der Waals surface area contributed by atoms with Crippen LogP contribution in [0.3, 0.4) is 0 Å². The number of carbonyl (C=O) groups excluding carboxylic acids is 1. The fourth-order valence-corrected chi connectivity index (χ4v) is 2.67. The molecule has 1 aromatic carbocycles. The molecule has 0 bridgehead atoms. The first-order valence-corrected chi connectivity index (χ1v) is 6.83. The van der Waals surface area contributed by atoms with Crippen LogP contribution in [0, 0.1) is 5.92 Å². The number of ether oxygens (including phenoxy) is 1. The minimum absolute atomic E-state index is 0.0900. The number of nitrogens with two attached hydrogens (primary N) is 1. The monoisotopic (exact) mass is 262 g/mol. The SMILES string of the molecule is COC(C(=O)NCC1CCCC1N)c1ccccc1. The molecule has 2 rings (SSSR count). The summed E-state index contributed by atoms with van der Waals surface area (Å²) >= 11 is 0. The molecule has 4 nitrogen and oxygen atoms in total. The van der Waals surface area contributed by atoms with Crippen LogP contribution < -0.4 is 11.1 Å². The zero-order valence-electron chi connectivity index (χ0n) is 11.3. The largest absolute Gasteiger partial charge is 0.367 e. The summed E-state index contributed by atoms with van der Waals surface area (Å²) in [7, 11) is 1.55. The topological polar surface area (TPSA) is 64.3 Å². The standard InChI is InChI=1S/C15H22N2O2/c1-19-14(11-6-3-2-4-7-11)15(18)17-10-12-8-5-9-13(12)16/h2-4,6-7,12-14H,5,8-10,16H2,1H3,(H,17,18). The minimum Gasteiger partial charge on any atom is -0.367 e. The van der Waals surface area contributed by atoms with Crippen LogP contribution in [-0.2, 0) is 9.53 Å². The molecule has 1 aliphatic carbocycles. The predicted molar refractivity (Wildman–Crippen MR) is 74.5 cm³/mol. The highest BCUT2D eigenvalue weighted by atomic mass is 16.5. The van der Waals surface area contributed by atoms with Gasteiger partial charge in [0.05, 0.1) is 0 Å². The van der Waals surface area contributed by atoms with Gasteiger partial charge in [0.15, 0.2) is 6.10 Å². The highest BCUT2D eigenvalue weighted by Crippen LogP contribution is 2.23. The maximum absolute atomic E-state index is 12.2. The van der Waals surface area contributed by atoms with Crippen LogP contribution in [0.25, 0.3) is 0 Å². The summed E-state index contributed by atoms with van der Waals surface area (Å²) in [6.07, 6.45) is 2.78. The number of nitrogens with one attached hydrogen (secondary N) is 1. The molecule has 104 valence electrons. The van der Waals surface area contributed by atoms with E-state index in [1.54, 1.807) is 7.11 Å². The molecule has 1 amide bonds. The van der Waals surface area contributed by atoms with Crippen LogP contribution >= 0.6 is 0 Å². The zero-order valence-corrected chi connectivity index (χ0v) is 11.3. The number of benzene rings is 1. The second-order valence-electron chi connectivity index (χ2n) is 5.13. The van der Waals surface area contributed by atoms with Gasteiger partial charge in [0, 0.05) is 19.7 Å². The average Bonchev–Trinajstić information content (AvgIpc) is 2.84. The lowest BCUT2D eigenvalue weighted by molar-refractivity contribution is -0.131. The summed E-state index contributed by atoms with van der Waals surface area (Å²) < 4.78 is 5.30. The van der Waals surface area contributed by atoms with E-state index < -0.39 is 6.10 Å². The highest BCUT2D eigenvalue weighted by Gasteiger charge is 2.26. The van der Waals surface area contributed by atoms with Crippen molar-refractivity contribution in [3.05, 3.63) is 35.9 Å². The molecule has 0 aliphatic heterocycles. The van der Waals surface area contributed by atoms with Gasteiger partial charge >= 0.3 is 0 Å². The van der Waals surface area contributed by atoms with Gasteiger partial charge in [-0.25, -0.2) is 0 Å². The quantitative estimate of drug-likeness (QED) is 0.847. The molecule has 3 unspecified atom stereocenters. The Hall–Kier alpha value is -1.39. The van der Waals surface area contributed by atoms with Crippen molar-refractivity contribution in [2.45, 2.75) is 31.4 Å². The van der Waals surface area contributed by atoms with Gasteiger partial charge in [-0.15, -0.1) is 0 Å². The molecular formula is C15H22N2O2. The molecule has 1 fully saturated rings. The van der Waals surface area contributed by atoms with Gasteiger partial charge in [-0.2, -0.15) is 0 Å². The van der Waals surface area contributed by atoms with Crippen LogP contribution in [0.4, 0.5) is 0 Å². The van der Waals surface area contributed by atoms with Gasteiger partial charge in [0.25, 0.3) is 5.91 Å². The van der Waals surface area contributed by atoms with Crippen molar-refractivity contribution in [2.24, 2.45) is 11.7 Å². The summed E-state index contributed by atoms with van der Waals surface area (Å²) in [5.41, 5.74) is 6.88. The molecule has 4 heteroatoms. The normalized spacial score (nSPS) is 24.1.